The Bertz CT molecular complexity index is 997. The fourth-order valence-electron chi connectivity index (χ4n) is 3.02. The zero-order chi connectivity index (χ0) is 18.8. The third-order valence-electron chi connectivity index (χ3n) is 4.29. The number of esters is 1. The largest absolute Gasteiger partial charge is 0.465 e. The minimum atomic E-state index is -0.428. The molecule has 0 fully saturated rings. The number of nitrogens with one attached hydrogen (secondary N) is 1. The van der Waals surface area contributed by atoms with Crippen molar-refractivity contribution >= 4 is 23.3 Å². The van der Waals surface area contributed by atoms with Gasteiger partial charge in [-0.2, -0.15) is 0 Å². The summed E-state index contributed by atoms with van der Waals surface area (Å²) in [6.45, 7) is 0.534. The van der Waals surface area contributed by atoms with Crippen LogP contribution >= 0.6 is 0 Å². The van der Waals surface area contributed by atoms with Crippen molar-refractivity contribution < 1.29 is 18.7 Å². The molecular formula is C20H17N3O4. The number of ether oxygens (including phenoxy) is 1. The Morgan fingerprint density at radius 2 is 2.07 bits per heavy atom. The first-order valence-electron chi connectivity index (χ1n) is 8.41. The molecule has 0 saturated carbocycles. The van der Waals surface area contributed by atoms with Gasteiger partial charge in [-0.3, -0.25) is 4.79 Å². The molecule has 1 amide bonds. The second-order valence-electron chi connectivity index (χ2n) is 6.14. The lowest BCUT2D eigenvalue weighted by Gasteiger charge is -2.30. The van der Waals surface area contributed by atoms with Crippen molar-refractivity contribution in [2.75, 3.05) is 23.9 Å². The van der Waals surface area contributed by atoms with Gasteiger partial charge in [-0.15, -0.1) is 0 Å². The van der Waals surface area contributed by atoms with Crippen LogP contribution < -0.4 is 10.2 Å². The van der Waals surface area contributed by atoms with Crippen LogP contribution in [0.4, 0.5) is 11.4 Å². The summed E-state index contributed by atoms with van der Waals surface area (Å²) in [5.74, 6) is -0.0295. The van der Waals surface area contributed by atoms with E-state index < -0.39 is 5.97 Å². The number of anilines is 2. The molecule has 4 rings (SSSR count). The Labute approximate surface area is 155 Å². The first-order valence-corrected chi connectivity index (χ1v) is 8.41. The van der Waals surface area contributed by atoms with Gasteiger partial charge in [0.1, 0.15) is 6.26 Å². The molecule has 3 aromatic rings. The van der Waals surface area contributed by atoms with E-state index in [-0.39, 0.29) is 12.5 Å². The highest BCUT2D eigenvalue weighted by Gasteiger charge is 2.24. The number of fused-ring (bicyclic) bond motifs is 1. The van der Waals surface area contributed by atoms with Gasteiger partial charge in [-0.05, 0) is 30.3 Å². The van der Waals surface area contributed by atoms with Crippen LogP contribution in [0.5, 0.6) is 0 Å². The van der Waals surface area contributed by atoms with Crippen LogP contribution in [0.25, 0.3) is 11.5 Å². The van der Waals surface area contributed by atoms with Crippen LogP contribution in [0.15, 0.2) is 59.2 Å². The zero-order valence-electron chi connectivity index (χ0n) is 14.6. The molecule has 0 bridgehead atoms. The van der Waals surface area contributed by atoms with Crippen molar-refractivity contribution in [1.29, 1.82) is 0 Å². The molecule has 2 aromatic carbocycles. The van der Waals surface area contributed by atoms with Gasteiger partial charge in [-0.25, -0.2) is 9.78 Å². The number of benzene rings is 2. The molecule has 0 radical (unpaired) electrons. The average molecular weight is 363 g/mol. The molecule has 1 aliphatic rings. The number of oxazole rings is 1. The Hall–Kier alpha value is -3.61. The van der Waals surface area contributed by atoms with E-state index >= 15 is 0 Å². The van der Waals surface area contributed by atoms with Crippen molar-refractivity contribution in [1.82, 2.24) is 4.98 Å². The number of amides is 1. The van der Waals surface area contributed by atoms with Crippen LogP contribution in [-0.4, -0.2) is 30.5 Å². The number of nitrogens with zero attached hydrogens (tertiary/aromatic N) is 2. The standard InChI is InChI=1S/C20H17N3O4/c1-26-20(25)14-7-8-16-17(9-14)23(11-18(24)22-16)10-15-12-27-19(21-15)13-5-3-2-4-6-13/h2-9,12H,10-11H2,1H3,(H,22,24). The third-order valence-corrected chi connectivity index (χ3v) is 4.29. The minimum absolute atomic E-state index is 0.125. The van der Waals surface area contributed by atoms with E-state index in [2.05, 4.69) is 10.3 Å². The van der Waals surface area contributed by atoms with Gasteiger partial charge in [0.25, 0.3) is 0 Å². The third kappa shape index (κ3) is 3.39. The highest BCUT2D eigenvalue weighted by Crippen LogP contribution is 2.32. The number of methoxy groups -OCH3 is 1. The summed E-state index contributed by atoms with van der Waals surface area (Å²) in [4.78, 5) is 30.2. The van der Waals surface area contributed by atoms with Gasteiger partial charge < -0.3 is 19.4 Å². The fraction of sp³-hybridized carbons (Fsp3) is 0.150. The second kappa shape index (κ2) is 6.95. The summed E-state index contributed by atoms with van der Waals surface area (Å²) in [6, 6.07) is 14.6. The maximum atomic E-state index is 12.0. The van der Waals surface area contributed by atoms with E-state index in [0.29, 0.717) is 29.4 Å². The SMILES string of the molecule is COC(=O)c1ccc2c(c1)N(Cc1coc(-c3ccccc3)n1)CC(=O)N2. The van der Waals surface area contributed by atoms with Crippen LogP contribution in [-0.2, 0) is 16.1 Å². The first-order chi connectivity index (χ1) is 13.1. The molecule has 7 heteroatoms. The fourth-order valence-corrected chi connectivity index (χ4v) is 3.02. The predicted molar refractivity (Wildman–Crippen MR) is 99.4 cm³/mol. The molecule has 1 aliphatic heterocycles. The van der Waals surface area contributed by atoms with Gasteiger partial charge in [-0.1, -0.05) is 18.2 Å². The van der Waals surface area contributed by atoms with E-state index in [9.17, 15) is 9.59 Å². The molecule has 1 aromatic heterocycles. The molecule has 0 aliphatic carbocycles. The summed E-state index contributed by atoms with van der Waals surface area (Å²) >= 11 is 0. The first kappa shape index (κ1) is 16.8. The van der Waals surface area contributed by atoms with Crippen LogP contribution in [0.2, 0.25) is 0 Å². The Balaban J connectivity index is 1.62. The second-order valence-corrected chi connectivity index (χ2v) is 6.14. The molecule has 0 saturated heterocycles. The summed E-state index contributed by atoms with van der Waals surface area (Å²) in [6.07, 6.45) is 1.58. The molecule has 0 unspecified atom stereocenters. The molecule has 0 spiro atoms. The number of carbonyl (C=O) groups is 2. The maximum Gasteiger partial charge on any atom is 0.337 e. The van der Waals surface area contributed by atoms with Gasteiger partial charge in [0.2, 0.25) is 11.8 Å². The maximum absolute atomic E-state index is 12.0. The summed E-state index contributed by atoms with van der Waals surface area (Å²) in [5.41, 5.74) is 3.38. The topological polar surface area (TPSA) is 84.7 Å². The highest BCUT2D eigenvalue weighted by atomic mass is 16.5. The van der Waals surface area contributed by atoms with Gasteiger partial charge in [0, 0.05) is 5.56 Å². The number of carbonyl (C=O) groups excluding carboxylic acids is 2. The van der Waals surface area contributed by atoms with Crippen molar-refractivity contribution in [2.24, 2.45) is 0 Å². The van der Waals surface area contributed by atoms with E-state index in [0.717, 1.165) is 11.3 Å². The van der Waals surface area contributed by atoms with E-state index in [4.69, 9.17) is 9.15 Å². The molecule has 27 heavy (non-hydrogen) atoms. The van der Waals surface area contributed by atoms with E-state index in [1.54, 1.807) is 24.5 Å². The highest BCUT2D eigenvalue weighted by molar-refractivity contribution is 6.02. The number of hydrogen-bond donors (Lipinski definition) is 1. The lowest BCUT2D eigenvalue weighted by Crippen LogP contribution is -2.38. The Morgan fingerprint density at radius 3 is 2.85 bits per heavy atom. The van der Waals surface area contributed by atoms with Crippen LogP contribution in [0.3, 0.4) is 0 Å². The molecule has 136 valence electrons. The molecule has 1 N–H and O–H groups in total. The van der Waals surface area contributed by atoms with Gasteiger partial charge in [0.15, 0.2) is 0 Å². The predicted octanol–water partition coefficient (Wildman–Crippen LogP) is 3.09. The van der Waals surface area contributed by atoms with Crippen molar-refractivity contribution in [3.05, 3.63) is 66.1 Å². The van der Waals surface area contributed by atoms with Gasteiger partial charge in [0.05, 0.1) is 42.8 Å². The normalized spacial score (nSPS) is 13.1. The van der Waals surface area contributed by atoms with Crippen LogP contribution in [0.1, 0.15) is 16.1 Å². The lowest BCUT2D eigenvalue weighted by molar-refractivity contribution is -0.115. The zero-order valence-corrected chi connectivity index (χ0v) is 14.6. The number of aromatic nitrogens is 1. The van der Waals surface area contributed by atoms with E-state index in [1.807, 2.05) is 35.2 Å². The van der Waals surface area contributed by atoms with Crippen LogP contribution in [0, 0.1) is 0 Å². The van der Waals surface area contributed by atoms with E-state index in [1.165, 1.54) is 7.11 Å². The minimum Gasteiger partial charge on any atom is -0.465 e. The van der Waals surface area contributed by atoms with Crippen molar-refractivity contribution in [2.45, 2.75) is 6.54 Å². The molecule has 0 atom stereocenters. The van der Waals surface area contributed by atoms with Gasteiger partial charge >= 0.3 is 5.97 Å². The summed E-state index contributed by atoms with van der Waals surface area (Å²) in [7, 11) is 1.34. The lowest BCUT2D eigenvalue weighted by atomic mass is 10.1. The summed E-state index contributed by atoms with van der Waals surface area (Å²) < 4.78 is 10.4. The molecule has 2 heterocycles. The Kier molecular flexibility index (Phi) is 4.33. The smallest absolute Gasteiger partial charge is 0.337 e. The number of hydrogen-bond acceptors (Lipinski definition) is 6. The average Bonchev–Trinajstić information content (AvgIpc) is 3.16. The number of rotatable bonds is 4. The molecule has 7 nitrogen and oxygen atoms in total. The quantitative estimate of drug-likeness (QED) is 0.717. The summed E-state index contributed by atoms with van der Waals surface area (Å²) in [5, 5.41) is 2.81. The van der Waals surface area contributed by atoms with Crippen molar-refractivity contribution in [3.63, 3.8) is 0 Å². The Morgan fingerprint density at radius 1 is 1.26 bits per heavy atom. The molecular weight excluding hydrogens is 346 g/mol. The monoisotopic (exact) mass is 363 g/mol. The van der Waals surface area contributed by atoms with Crippen molar-refractivity contribution in [3.8, 4) is 11.5 Å².